The highest BCUT2D eigenvalue weighted by Gasteiger charge is 2.29. The van der Waals surface area contributed by atoms with E-state index in [0.717, 1.165) is 42.8 Å². The SMILES string of the molecule is O=C(CCc1cccc(Nc2ccc(C(F)(F)F)cc2)c1)[C@@H]1CCCN1. The second-order valence-corrected chi connectivity index (χ2v) is 6.52. The van der Waals surface area contributed by atoms with Crippen LogP contribution in [0.3, 0.4) is 0 Å². The van der Waals surface area contributed by atoms with Crippen molar-refractivity contribution in [2.45, 2.75) is 37.9 Å². The van der Waals surface area contributed by atoms with Gasteiger partial charge >= 0.3 is 6.18 Å². The van der Waals surface area contributed by atoms with Gasteiger partial charge in [0.2, 0.25) is 0 Å². The number of hydrogen-bond acceptors (Lipinski definition) is 3. The van der Waals surface area contributed by atoms with Crippen molar-refractivity contribution in [1.29, 1.82) is 0 Å². The lowest BCUT2D eigenvalue weighted by Gasteiger charge is -2.11. The van der Waals surface area contributed by atoms with Crippen LogP contribution in [0.15, 0.2) is 48.5 Å². The molecule has 0 aromatic heterocycles. The summed E-state index contributed by atoms with van der Waals surface area (Å²) in [6.45, 7) is 0.906. The van der Waals surface area contributed by atoms with E-state index in [2.05, 4.69) is 10.6 Å². The smallest absolute Gasteiger partial charge is 0.356 e. The maximum absolute atomic E-state index is 12.6. The Morgan fingerprint density at radius 1 is 1.12 bits per heavy atom. The van der Waals surface area contributed by atoms with E-state index in [0.29, 0.717) is 18.5 Å². The van der Waals surface area contributed by atoms with E-state index in [9.17, 15) is 18.0 Å². The van der Waals surface area contributed by atoms with E-state index < -0.39 is 11.7 Å². The van der Waals surface area contributed by atoms with Gasteiger partial charge in [0.1, 0.15) is 5.78 Å². The molecule has 0 bridgehead atoms. The maximum atomic E-state index is 12.6. The number of carbonyl (C=O) groups excluding carboxylic acids is 1. The lowest BCUT2D eigenvalue weighted by atomic mass is 10.0. The predicted molar refractivity (Wildman–Crippen MR) is 95.5 cm³/mol. The molecule has 6 heteroatoms. The Hall–Kier alpha value is -2.34. The van der Waals surface area contributed by atoms with Crippen LogP contribution < -0.4 is 10.6 Å². The van der Waals surface area contributed by atoms with Crippen LogP contribution in [0.4, 0.5) is 24.5 Å². The minimum Gasteiger partial charge on any atom is -0.356 e. The molecule has 1 aliphatic heterocycles. The fourth-order valence-electron chi connectivity index (χ4n) is 3.11. The van der Waals surface area contributed by atoms with E-state index in [1.54, 1.807) is 0 Å². The molecule has 2 N–H and O–H groups in total. The van der Waals surface area contributed by atoms with Crippen molar-refractivity contribution in [3.63, 3.8) is 0 Å². The summed E-state index contributed by atoms with van der Waals surface area (Å²) in [4.78, 5) is 12.1. The molecule has 1 saturated heterocycles. The standard InChI is InChI=1S/C20H21F3N2O/c21-20(22,23)15-7-9-16(10-8-15)25-17-4-1-3-14(13-17)6-11-19(26)18-5-2-12-24-18/h1,3-4,7-10,13,18,24-25H,2,5-6,11-12H2/t18-/m0/s1. The zero-order chi connectivity index (χ0) is 18.6. The molecule has 3 nitrogen and oxygen atoms in total. The van der Waals surface area contributed by atoms with Gasteiger partial charge in [-0.3, -0.25) is 4.79 Å². The molecule has 0 amide bonds. The Bertz CT molecular complexity index is 750. The molecule has 0 radical (unpaired) electrons. The van der Waals surface area contributed by atoms with Gasteiger partial charge in [-0.15, -0.1) is 0 Å². The van der Waals surface area contributed by atoms with Crippen molar-refractivity contribution >= 4 is 17.2 Å². The average Bonchev–Trinajstić information content (AvgIpc) is 3.14. The van der Waals surface area contributed by atoms with Gasteiger partial charge in [-0.1, -0.05) is 12.1 Å². The molecule has 138 valence electrons. The van der Waals surface area contributed by atoms with Crippen molar-refractivity contribution in [2.24, 2.45) is 0 Å². The van der Waals surface area contributed by atoms with Crippen molar-refractivity contribution in [2.75, 3.05) is 11.9 Å². The highest BCUT2D eigenvalue weighted by molar-refractivity contribution is 5.84. The minimum atomic E-state index is -4.33. The first kappa shape index (κ1) is 18.5. The van der Waals surface area contributed by atoms with Gasteiger partial charge in [-0.05, 0) is 67.8 Å². The third-order valence-electron chi connectivity index (χ3n) is 4.54. The summed E-state index contributed by atoms with van der Waals surface area (Å²) in [5, 5.41) is 6.31. The number of rotatable bonds is 6. The largest absolute Gasteiger partial charge is 0.416 e. The molecule has 3 rings (SSSR count). The molecule has 0 aliphatic carbocycles. The quantitative estimate of drug-likeness (QED) is 0.782. The number of aryl methyl sites for hydroxylation is 1. The van der Waals surface area contributed by atoms with Crippen LogP contribution in [-0.2, 0) is 17.4 Å². The Balaban J connectivity index is 1.59. The number of anilines is 2. The number of benzene rings is 2. The van der Waals surface area contributed by atoms with Crippen LogP contribution in [0.25, 0.3) is 0 Å². The highest BCUT2D eigenvalue weighted by Crippen LogP contribution is 2.30. The monoisotopic (exact) mass is 362 g/mol. The molecule has 2 aromatic carbocycles. The summed E-state index contributed by atoms with van der Waals surface area (Å²) in [5.74, 6) is 0.239. The molecule has 0 unspecified atom stereocenters. The molecule has 1 atom stereocenters. The third kappa shape index (κ3) is 4.85. The first-order chi connectivity index (χ1) is 12.4. The first-order valence-electron chi connectivity index (χ1n) is 8.71. The number of alkyl halides is 3. The van der Waals surface area contributed by atoms with Gasteiger partial charge in [0.15, 0.2) is 0 Å². The van der Waals surface area contributed by atoms with Crippen LogP contribution in [0.2, 0.25) is 0 Å². The fraction of sp³-hybridized carbons (Fsp3) is 0.350. The van der Waals surface area contributed by atoms with Crippen LogP contribution in [0.1, 0.15) is 30.4 Å². The lowest BCUT2D eigenvalue weighted by molar-refractivity contribution is -0.137. The summed E-state index contributed by atoms with van der Waals surface area (Å²) in [6.07, 6.45) is -1.24. The highest BCUT2D eigenvalue weighted by atomic mass is 19.4. The zero-order valence-electron chi connectivity index (χ0n) is 14.3. The van der Waals surface area contributed by atoms with Gasteiger partial charge in [0.05, 0.1) is 11.6 Å². The molecule has 2 aromatic rings. The van der Waals surface area contributed by atoms with E-state index in [1.807, 2.05) is 24.3 Å². The molecule has 1 heterocycles. The summed E-state index contributed by atoms with van der Waals surface area (Å²) in [6, 6.07) is 12.5. The number of nitrogens with one attached hydrogen (secondary N) is 2. The summed E-state index contributed by atoms with van der Waals surface area (Å²) in [7, 11) is 0. The van der Waals surface area contributed by atoms with Gasteiger partial charge in [0, 0.05) is 17.8 Å². The Kier molecular flexibility index (Phi) is 5.61. The summed E-state index contributed by atoms with van der Waals surface area (Å²) >= 11 is 0. The fourth-order valence-corrected chi connectivity index (χ4v) is 3.11. The van der Waals surface area contributed by atoms with Crippen LogP contribution in [0.5, 0.6) is 0 Å². The Morgan fingerprint density at radius 2 is 1.88 bits per heavy atom. The molecular weight excluding hydrogens is 341 g/mol. The third-order valence-corrected chi connectivity index (χ3v) is 4.54. The predicted octanol–water partition coefficient (Wildman–Crippen LogP) is 4.70. The van der Waals surface area contributed by atoms with Crippen molar-refractivity contribution in [3.8, 4) is 0 Å². The van der Waals surface area contributed by atoms with E-state index >= 15 is 0 Å². The van der Waals surface area contributed by atoms with Crippen LogP contribution in [0, 0.1) is 0 Å². The number of Topliss-reactive ketones (excluding diaryl/α,β-unsaturated/α-hetero) is 1. The van der Waals surface area contributed by atoms with Gasteiger partial charge in [-0.25, -0.2) is 0 Å². The Morgan fingerprint density at radius 3 is 2.54 bits per heavy atom. The summed E-state index contributed by atoms with van der Waals surface area (Å²) < 4.78 is 37.8. The topological polar surface area (TPSA) is 41.1 Å². The minimum absolute atomic E-state index is 0.0107. The molecule has 0 spiro atoms. The second-order valence-electron chi connectivity index (χ2n) is 6.52. The number of halogens is 3. The van der Waals surface area contributed by atoms with Crippen LogP contribution in [-0.4, -0.2) is 18.4 Å². The molecule has 1 aliphatic rings. The first-order valence-corrected chi connectivity index (χ1v) is 8.71. The van der Waals surface area contributed by atoms with Gasteiger partial charge < -0.3 is 10.6 Å². The Labute approximate surface area is 150 Å². The number of carbonyl (C=O) groups is 1. The van der Waals surface area contributed by atoms with Gasteiger partial charge in [0.25, 0.3) is 0 Å². The van der Waals surface area contributed by atoms with Gasteiger partial charge in [-0.2, -0.15) is 13.2 Å². The number of ketones is 1. The van der Waals surface area contributed by atoms with E-state index in [4.69, 9.17) is 0 Å². The van der Waals surface area contributed by atoms with Crippen molar-refractivity contribution < 1.29 is 18.0 Å². The summed E-state index contributed by atoms with van der Waals surface area (Å²) in [5.41, 5.74) is 1.72. The average molecular weight is 362 g/mol. The second kappa shape index (κ2) is 7.91. The normalized spacial score (nSPS) is 17.3. The van der Waals surface area contributed by atoms with Crippen molar-refractivity contribution in [3.05, 3.63) is 59.7 Å². The molecule has 1 fully saturated rings. The molecule has 26 heavy (non-hydrogen) atoms. The van der Waals surface area contributed by atoms with E-state index in [1.165, 1.54) is 12.1 Å². The van der Waals surface area contributed by atoms with E-state index in [-0.39, 0.29) is 11.8 Å². The lowest BCUT2D eigenvalue weighted by Crippen LogP contribution is -2.30. The molecular formula is C20H21F3N2O. The zero-order valence-corrected chi connectivity index (χ0v) is 14.3. The maximum Gasteiger partial charge on any atom is 0.416 e. The molecule has 0 saturated carbocycles. The number of hydrogen-bond donors (Lipinski definition) is 2. The van der Waals surface area contributed by atoms with Crippen molar-refractivity contribution in [1.82, 2.24) is 5.32 Å². The van der Waals surface area contributed by atoms with Crippen LogP contribution >= 0.6 is 0 Å².